The van der Waals surface area contributed by atoms with E-state index >= 15 is 0 Å². The summed E-state index contributed by atoms with van der Waals surface area (Å²) in [5, 5.41) is -1.53. The number of unbranched alkanes of at least 4 members (excludes halogenated alkanes) is 4. The van der Waals surface area contributed by atoms with Crippen molar-refractivity contribution in [1.29, 1.82) is 0 Å². The molecule has 0 saturated carbocycles. The molecule has 1 atom stereocenters. The van der Waals surface area contributed by atoms with Gasteiger partial charge in [-0.3, -0.25) is 13.9 Å². The normalized spacial score (nSPS) is 13.5. The molecule has 1 rings (SSSR count). The highest BCUT2D eigenvalue weighted by Crippen LogP contribution is 2.70. The quantitative estimate of drug-likeness (QED) is 0.0673. The molecule has 0 saturated heterocycles. The maximum atomic E-state index is 14.6. The summed E-state index contributed by atoms with van der Waals surface area (Å²) in [5.41, 5.74) is 0.355. The van der Waals surface area contributed by atoms with Crippen molar-refractivity contribution in [3.8, 4) is 0 Å². The Labute approximate surface area is 229 Å². The molecule has 0 heterocycles. The molecule has 1 unspecified atom stereocenters. The minimum Gasteiger partial charge on any atom is -0.359 e. The van der Waals surface area contributed by atoms with Crippen molar-refractivity contribution in [3.63, 3.8) is 0 Å². The predicted molar refractivity (Wildman–Crippen MR) is 154 cm³/mol. The highest BCUT2D eigenvalue weighted by molar-refractivity contribution is 7.74. The molecule has 0 aromatic heterocycles. The zero-order valence-electron chi connectivity index (χ0n) is 24.1. The second-order valence-corrected chi connectivity index (χ2v) is 13.9. The van der Waals surface area contributed by atoms with Crippen LogP contribution in [0.2, 0.25) is 0 Å². The first-order chi connectivity index (χ1) is 18.3. The van der Waals surface area contributed by atoms with E-state index in [1.165, 1.54) is 14.2 Å². The highest BCUT2D eigenvalue weighted by Gasteiger charge is 2.55. The lowest BCUT2D eigenvalue weighted by Crippen LogP contribution is -2.42. The van der Waals surface area contributed by atoms with E-state index in [1.807, 2.05) is 18.7 Å². The van der Waals surface area contributed by atoms with Gasteiger partial charge < -0.3 is 23.0 Å². The van der Waals surface area contributed by atoms with Crippen LogP contribution in [0, 0.1) is 0 Å². The van der Waals surface area contributed by atoms with E-state index in [0.717, 1.165) is 38.5 Å². The summed E-state index contributed by atoms with van der Waals surface area (Å²) < 4.78 is 51.5. The smallest absolute Gasteiger partial charge is 0.353 e. The van der Waals surface area contributed by atoms with Crippen LogP contribution in [0.15, 0.2) is 35.3 Å². The lowest BCUT2D eigenvalue weighted by Gasteiger charge is -2.36. The Balaban J connectivity index is 3.89. The molecule has 1 aromatic rings. The average molecular weight is 575 g/mol. The van der Waals surface area contributed by atoms with Crippen LogP contribution in [0.3, 0.4) is 0 Å². The van der Waals surface area contributed by atoms with Crippen molar-refractivity contribution in [2.45, 2.75) is 84.5 Å². The fourth-order valence-corrected chi connectivity index (χ4v) is 8.69. The van der Waals surface area contributed by atoms with E-state index in [4.69, 9.17) is 18.1 Å². The lowest BCUT2D eigenvalue weighted by atomic mass is 10.2. The number of aliphatic imine (C=N–C) groups is 1. The summed E-state index contributed by atoms with van der Waals surface area (Å²) in [6.45, 7) is 9.40. The predicted octanol–water partition coefficient (Wildman–Crippen LogP) is 7.77. The van der Waals surface area contributed by atoms with Gasteiger partial charge in [-0.1, -0.05) is 71.6 Å². The summed E-state index contributed by atoms with van der Waals surface area (Å²) in [4.78, 5) is 19.8. The minimum atomic E-state index is -4.20. The van der Waals surface area contributed by atoms with Gasteiger partial charge in [-0.2, -0.15) is 4.99 Å². The van der Waals surface area contributed by atoms with E-state index in [-0.39, 0.29) is 19.0 Å². The van der Waals surface area contributed by atoms with Crippen molar-refractivity contribution in [3.05, 3.63) is 35.9 Å². The molecule has 0 bridgehead atoms. The standard InChI is InChI=1S/C27H48N2O7P2/c1-7-11-20-29(21-12-8-2)25(28-26(30)24-18-16-15-17-19-24)27(37(31,33-5)34-6)38(32,35-22-13-9-3)36-23-14-10-4/h15-19,27H,7-14,20-23H2,1-6H3. The van der Waals surface area contributed by atoms with Crippen LogP contribution >= 0.6 is 15.2 Å². The Morgan fingerprint density at radius 2 is 1.26 bits per heavy atom. The number of nitrogens with zero attached hydrogens (tertiary/aromatic N) is 2. The molecule has 38 heavy (non-hydrogen) atoms. The molecule has 0 aliphatic rings. The number of benzene rings is 1. The van der Waals surface area contributed by atoms with Crippen molar-refractivity contribution < 1.29 is 32.0 Å². The maximum Gasteiger partial charge on any atom is 0.353 e. The third-order valence-electron chi connectivity index (χ3n) is 6.00. The first-order valence-corrected chi connectivity index (χ1v) is 17.0. The van der Waals surface area contributed by atoms with E-state index < -0.39 is 26.5 Å². The molecule has 218 valence electrons. The molecule has 0 N–H and O–H groups in total. The molecular weight excluding hydrogens is 526 g/mol. The van der Waals surface area contributed by atoms with Gasteiger partial charge in [0.25, 0.3) is 5.91 Å². The SMILES string of the molecule is CCCCOP(=O)(OCCCC)C(C(=NC(=O)c1ccccc1)N(CCCC)CCCC)P(=O)(OC)OC. The van der Waals surface area contributed by atoms with E-state index in [2.05, 4.69) is 18.8 Å². The molecule has 9 nitrogen and oxygen atoms in total. The number of rotatable bonds is 20. The zero-order chi connectivity index (χ0) is 28.4. The fraction of sp³-hybridized carbons (Fsp3) is 0.704. The number of amidine groups is 1. The number of carbonyl (C=O) groups is 1. The monoisotopic (exact) mass is 574 g/mol. The largest absolute Gasteiger partial charge is 0.359 e. The number of hydrogen-bond donors (Lipinski definition) is 0. The Kier molecular flexibility index (Phi) is 17.2. The molecule has 0 fully saturated rings. The Hall–Kier alpha value is -1.34. The second kappa shape index (κ2) is 18.9. The first-order valence-electron chi connectivity index (χ1n) is 13.8. The van der Waals surface area contributed by atoms with Gasteiger partial charge in [0.2, 0.25) is 5.40 Å². The molecule has 1 amide bonds. The van der Waals surface area contributed by atoms with Gasteiger partial charge in [-0.15, -0.1) is 0 Å². The zero-order valence-corrected chi connectivity index (χ0v) is 25.9. The summed E-state index contributed by atoms with van der Waals surface area (Å²) in [7, 11) is -5.90. The maximum absolute atomic E-state index is 14.6. The van der Waals surface area contributed by atoms with Crippen LogP contribution in [0.25, 0.3) is 0 Å². The van der Waals surface area contributed by atoms with Crippen LogP contribution in [0.1, 0.15) is 89.4 Å². The van der Waals surface area contributed by atoms with Crippen molar-refractivity contribution in [1.82, 2.24) is 4.90 Å². The lowest BCUT2D eigenvalue weighted by molar-refractivity contribution is 0.100. The number of carbonyl (C=O) groups excluding carboxylic acids is 1. The Morgan fingerprint density at radius 3 is 1.68 bits per heavy atom. The van der Waals surface area contributed by atoms with Crippen molar-refractivity contribution in [2.75, 3.05) is 40.5 Å². The van der Waals surface area contributed by atoms with Crippen LogP contribution in [0.5, 0.6) is 0 Å². The van der Waals surface area contributed by atoms with Crippen LogP contribution in [-0.2, 0) is 27.2 Å². The highest BCUT2D eigenvalue weighted by atomic mass is 31.2. The molecule has 0 aliphatic carbocycles. The molecule has 0 radical (unpaired) electrons. The molecule has 0 aliphatic heterocycles. The second-order valence-electron chi connectivity index (χ2n) is 9.03. The van der Waals surface area contributed by atoms with Crippen molar-refractivity contribution >= 4 is 26.9 Å². The van der Waals surface area contributed by atoms with E-state index in [1.54, 1.807) is 30.3 Å². The van der Waals surface area contributed by atoms with Crippen LogP contribution in [0.4, 0.5) is 0 Å². The van der Waals surface area contributed by atoms with Gasteiger partial charge in [0, 0.05) is 32.9 Å². The molecule has 1 aromatic carbocycles. The van der Waals surface area contributed by atoms with Gasteiger partial charge >= 0.3 is 15.2 Å². The average Bonchev–Trinajstić information content (AvgIpc) is 2.93. The van der Waals surface area contributed by atoms with Crippen LogP contribution < -0.4 is 0 Å². The Bertz CT molecular complexity index is 897. The number of amides is 1. The molecule has 0 spiro atoms. The van der Waals surface area contributed by atoms with Gasteiger partial charge in [0.15, 0.2) is 0 Å². The van der Waals surface area contributed by atoms with Gasteiger partial charge in [0.05, 0.1) is 13.2 Å². The van der Waals surface area contributed by atoms with E-state index in [0.29, 0.717) is 31.5 Å². The van der Waals surface area contributed by atoms with Crippen LogP contribution in [-0.4, -0.2) is 62.6 Å². The summed E-state index contributed by atoms with van der Waals surface area (Å²) in [5.74, 6) is -0.486. The summed E-state index contributed by atoms with van der Waals surface area (Å²) >= 11 is 0. The summed E-state index contributed by atoms with van der Waals surface area (Å²) in [6, 6.07) is 8.60. The van der Waals surface area contributed by atoms with Gasteiger partial charge in [0.1, 0.15) is 5.84 Å². The van der Waals surface area contributed by atoms with Gasteiger partial charge in [-0.25, -0.2) is 0 Å². The minimum absolute atomic E-state index is 0.0594. The van der Waals surface area contributed by atoms with Crippen molar-refractivity contribution in [2.24, 2.45) is 4.99 Å². The van der Waals surface area contributed by atoms with E-state index in [9.17, 15) is 13.9 Å². The third-order valence-corrected chi connectivity index (χ3v) is 11.5. The van der Waals surface area contributed by atoms with Gasteiger partial charge in [-0.05, 0) is 37.8 Å². The molecule has 11 heteroatoms. The Morgan fingerprint density at radius 1 is 0.789 bits per heavy atom. The molecular formula is C27H48N2O7P2. The number of hydrogen-bond acceptors (Lipinski definition) is 7. The topological polar surface area (TPSA) is 104 Å². The first kappa shape index (κ1) is 34.7. The fourth-order valence-electron chi connectivity index (χ4n) is 3.66. The summed E-state index contributed by atoms with van der Waals surface area (Å²) in [6.07, 6.45) is 6.21. The third kappa shape index (κ3) is 10.7.